The van der Waals surface area contributed by atoms with Gasteiger partial charge in [-0.05, 0) is 42.7 Å². The van der Waals surface area contributed by atoms with Crippen LogP contribution in [0.25, 0.3) is 0 Å². The van der Waals surface area contributed by atoms with Crippen LogP contribution in [0.5, 0.6) is 0 Å². The number of anilines is 1. The number of methoxy groups -OCH3 is 1. The number of rotatable bonds is 3. The van der Waals surface area contributed by atoms with E-state index in [0.29, 0.717) is 23.8 Å². The standard InChI is InChI=1S/C15H17BrN2O3/c1-21-15-8-4-9-7-17(14(15)11(9)5-8)12-3-2-10(16)6-13(12)18(19)20/h2-3,6,8-9,11,14-15H,4-5,7H2,1H3/t8-,9+,11-,14-,15+/m0/s1. The first kappa shape index (κ1) is 13.5. The van der Waals surface area contributed by atoms with Crippen LogP contribution in [-0.2, 0) is 4.74 Å². The Morgan fingerprint density at radius 3 is 2.90 bits per heavy atom. The van der Waals surface area contributed by atoms with Gasteiger partial charge >= 0.3 is 0 Å². The molecule has 0 aromatic heterocycles. The fourth-order valence-corrected chi connectivity index (χ4v) is 5.23. The van der Waals surface area contributed by atoms with Crippen molar-refractivity contribution in [3.05, 3.63) is 32.8 Å². The van der Waals surface area contributed by atoms with Crippen LogP contribution in [-0.4, -0.2) is 30.7 Å². The van der Waals surface area contributed by atoms with Crippen LogP contribution < -0.4 is 4.90 Å². The van der Waals surface area contributed by atoms with Crippen LogP contribution in [0.4, 0.5) is 11.4 Å². The van der Waals surface area contributed by atoms with E-state index in [-0.39, 0.29) is 16.7 Å². The number of hydrogen-bond acceptors (Lipinski definition) is 4. The second-order valence-corrected chi connectivity index (χ2v) is 7.30. The van der Waals surface area contributed by atoms with Crippen molar-refractivity contribution < 1.29 is 9.66 Å². The van der Waals surface area contributed by atoms with E-state index >= 15 is 0 Å². The minimum Gasteiger partial charge on any atom is -0.379 e. The van der Waals surface area contributed by atoms with Crippen LogP contribution in [0.2, 0.25) is 0 Å². The summed E-state index contributed by atoms with van der Waals surface area (Å²) in [5.41, 5.74) is 0.925. The molecule has 1 aromatic carbocycles. The third kappa shape index (κ3) is 1.85. The second-order valence-electron chi connectivity index (χ2n) is 6.39. The quantitative estimate of drug-likeness (QED) is 0.619. The van der Waals surface area contributed by atoms with Gasteiger partial charge in [0.1, 0.15) is 5.69 Å². The summed E-state index contributed by atoms with van der Waals surface area (Å²) in [6.07, 6.45) is 2.65. The average molecular weight is 353 g/mol. The molecule has 21 heavy (non-hydrogen) atoms. The molecule has 2 aliphatic carbocycles. The molecule has 5 atom stereocenters. The van der Waals surface area contributed by atoms with Crippen LogP contribution in [0.3, 0.4) is 0 Å². The second kappa shape index (κ2) is 4.68. The van der Waals surface area contributed by atoms with Crippen molar-refractivity contribution in [2.75, 3.05) is 18.6 Å². The molecule has 112 valence electrons. The van der Waals surface area contributed by atoms with Gasteiger partial charge in [-0.15, -0.1) is 0 Å². The van der Waals surface area contributed by atoms with Crippen LogP contribution in [0.15, 0.2) is 22.7 Å². The molecule has 3 aliphatic rings. The van der Waals surface area contributed by atoms with E-state index in [1.807, 2.05) is 12.1 Å². The van der Waals surface area contributed by atoms with E-state index in [0.717, 1.165) is 16.7 Å². The monoisotopic (exact) mass is 352 g/mol. The minimum atomic E-state index is -0.283. The van der Waals surface area contributed by atoms with Crippen molar-refractivity contribution >= 4 is 27.3 Å². The highest BCUT2D eigenvalue weighted by Crippen LogP contribution is 2.57. The lowest BCUT2D eigenvalue weighted by atomic mass is 9.88. The Kier molecular flexibility index (Phi) is 3.01. The molecule has 0 N–H and O–H groups in total. The fourth-order valence-electron chi connectivity index (χ4n) is 4.88. The van der Waals surface area contributed by atoms with E-state index < -0.39 is 0 Å². The van der Waals surface area contributed by atoms with E-state index in [9.17, 15) is 10.1 Å². The number of fused-ring (bicyclic) bond motifs is 1. The normalized spacial score (nSPS) is 36.5. The van der Waals surface area contributed by atoms with Crippen LogP contribution in [0, 0.1) is 27.9 Å². The maximum absolute atomic E-state index is 11.4. The van der Waals surface area contributed by atoms with Crippen molar-refractivity contribution in [2.45, 2.75) is 25.0 Å². The number of halogens is 1. The highest BCUT2D eigenvalue weighted by Gasteiger charge is 2.60. The molecule has 6 heteroatoms. The van der Waals surface area contributed by atoms with Gasteiger partial charge in [0.25, 0.3) is 5.69 Å². The summed E-state index contributed by atoms with van der Waals surface area (Å²) in [4.78, 5) is 13.3. The first-order valence-electron chi connectivity index (χ1n) is 7.33. The molecule has 1 heterocycles. The largest absolute Gasteiger partial charge is 0.379 e. The van der Waals surface area contributed by atoms with Gasteiger partial charge in [-0.1, -0.05) is 15.9 Å². The zero-order valence-electron chi connectivity index (χ0n) is 11.7. The molecule has 4 rings (SSSR count). The van der Waals surface area contributed by atoms with Crippen LogP contribution in [0.1, 0.15) is 12.8 Å². The van der Waals surface area contributed by atoms with Gasteiger partial charge in [0.15, 0.2) is 0 Å². The number of ether oxygens (including phenoxy) is 1. The van der Waals surface area contributed by atoms with Gasteiger partial charge in [-0.25, -0.2) is 0 Å². The molecule has 1 aliphatic heterocycles. The highest BCUT2D eigenvalue weighted by molar-refractivity contribution is 9.10. The summed E-state index contributed by atoms with van der Waals surface area (Å²) >= 11 is 3.33. The summed E-state index contributed by atoms with van der Waals surface area (Å²) in [6.45, 7) is 0.925. The van der Waals surface area contributed by atoms with Crippen molar-refractivity contribution in [3.63, 3.8) is 0 Å². The Morgan fingerprint density at radius 2 is 2.19 bits per heavy atom. The summed E-state index contributed by atoms with van der Waals surface area (Å²) in [7, 11) is 1.77. The molecular weight excluding hydrogens is 336 g/mol. The lowest BCUT2D eigenvalue weighted by Gasteiger charge is -2.32. The van der Waals surface area contributed by atoms with Gasteiger partial charge in [-0.2, -0.15) is 0 Å². The number of nitro groups is 1. The zero-order valence-corrected chi connectivity index (χ0v) is 13.3. The molecule has 2 saturated carbocycles. The number of hydrogen-bond donors (Lipinski definition) is 0. The molecule has 0 unspecified atom stereocenters. The fraction of sp³-hybridized carbons (Fsp3) is 0.600. The zero-order chi connectivity index (χ0) is 14.7. The van der Waals surface area contributed by atoms with E-state index in [1.54, 1.807) is 13.2 Å². The Morgan fingerprint density at radius 1 is 1.38 bits per heavy atom. The third-order valence-electron chi connectivity index (χ3n) is 5.53. The Bertz CT molecular complexity index is 607. The van der Waals surface area contributed by atoms with Crippen molar-refractivity contribution in [3.8, 4) is 0 Å². The smallest absolute Gasteiger partial charge is 0.293 e. The number of nitro benzene ring substituents is 1. The van der Waals surface area contributed by atoms with Gasteiger partial charge in [0.2, 0.25) is 0 Å². The Balaban J connectivity index is 1.76. The van der Waals surface area contributed by atoms with E-state index in [1.165, 1.54) is 12.8 Å². The van der Waals surface area contributed by atoms with Gasteiger partial charge in [0, 0.05) is 24.2 Å². The van der Waals surface area contributed by atoms with Gasteiger partial charge in [-0.3, -0.25) is 10.1 Å². The number of nitrogens with zero attached hydrogens (tertiary/aromatic N) is 2. The molecule has 0 radical (unpaired) electrons. The lowest BCUT2D eigenvalue weighted by molar-refractivity contribution is -0.384. The molecule has 5 nitrogen and oxygen atoms in total. The maximum Gasteiger partial charge on any atom is 0.293 e. The predicted octanol–water partition coefficient (Wildman–Crippen LogP) is 3.22. The molecular formula is C15H17BrN2O3. The molecule has 0 amide bonds. The van der Waals surface area contributed by atoms with Crippen LogP contribution >= 0.6 is 15.9 Å². The third-order valence-corrected chi connectivity index (χ3v) is 6.03. The van der Waals surface area contributed by atoms with Gasteiger partial charge < -0.3 is 9.64 Å². The Hall–Kier alpha value is -1.14. The topological polar surface area (TPSA) is 55.6 Å². The Labute approximate surface area is 131 Å². The average Bonchev–Trinajstić information content (AvgIpc) is 3.06. The summed E-state index contributed by atoms with van der Waals surface area (Å²) in [6, 6.07) is 5.66. The van der Waals surface area contributed by atoms with Crippen molar-refractivity contribution in [1.82, 2.24) is 0 Å². The first-order valence-corrected chi connectivity index (χ1v) is 8.13. The predicted molar refractivity (Wildman–Crippen MR) is 82.4 cm³/mol. The first-order chi connectivity index (χ1) is 10.1. The summed E-state index contributed by atoms with van der Waals surface area (Å²) < 4.78 is 6.47. The summed E-state index contributed by atoms with van der Waals surface area (Å²) in [5.74, 6) is 1.95. The molecule has 0 spiro atoms. The van der Waals surface area contributed by atoms with E-state index in [2.05, 4.69) is 20.8 Å². The lowest BCUT2D eigenvalue weighted by Crippen LogP contribution is -2.42. The van der Waals surface area contributed by atoms with Crippen molar-refractivity contribution in [1.29, 1.82) is 0 Å². The van der Waals surface area contributed by atoms with Gasteiger partial charge in [0.05, 0.1) is 17.1 Å². The molecule has 1 saturated heterocycles. The number of benzene rings is 1. The highest BCUT2D eigenvalue weighted by atomic mass is 79.9. The molecule has 2 bridgehead atoms. The maximum atomic E-state index is 11.4. The van der Waals surface area contributed by atoms with E-state index in [4.69, 9.17) is 4.74 Å². The SMILES string of the molecule is CO[C@@H]1[C@H]2C[C@@H]3CN(c4ccc(Br)cc4[N+](=O)[O-])[C@H]1[C@H]3C2. The molecule has 3 fully saturated rings. The minimum absolute atomic E-state index is 0.184. The molecule has 1 aromatic rings. The summed E-state index contributed by atoms with van der Waals surface area (Å²) in [5, 5.41) is 11.4. The van der Waals surface area contributed by atoms with Crippen molar-refractivity contribution in [2.24, 2.45) is 17.8 Å².